The van der Waals surface area contributed by atoms with Crippen molar-refractivity contribution in [1.82, 2.24) is 15.6 Å². The van der Waals surface area contributed by atoms with Gasteiger partial charge in [0.05, 0.1) is 6.54 Å². The average Bonchev–Trinajstić information content (AvgIpc) is 3.41. The van der Waals surface area contributed by atoms with Gasteiger partial charge in [-0.2, -0.15) is 0 Å². The number of halogens is 1. The lowest BCUT2D eigenvalue weighted by molar-refractivity contribution is 0.105. The zero-order valence-electron chi connectivity index (χ0n) is 18.2. The molecule has 1 fully saturated rings. The van der Waals surface area contributed by atoms with Crippen molar-refractivity contribution in [3.63, 3.8) is 0 Å². The normalized spacial score (nSPS) is 15.6. The molecule has 1 aromatic heterocycles. The second kappa shape index (κ2) is 12.9. The quantitative estimate of drug-likeness (QED) is 0.197. The summed E-state index contributed by atoms with van der Waals surface area (Å²) in [7, 11) is 0. The molecular formula is C23H35IN4O2. The molecule has 1 aromatic carbocycles. The molecule has 1 saturated carbocycles. The summed E-state index contributed by atoms with van der Waals surface area (Å²) in [5.41, 5.74) is 2.12. The fourth-order valence-corrected chi connectivity index (χ4v) is 3.94. The van der Waals surface area contributed by atoms with Crippen LogP contribution < -0.4 is 10.6 Å². The summed E-state index contributed by atoms with van der Waals surface area (Å²) in [6, 6.07) is 9.93. The van der Waals surface area contributed by atoms with E-state index < -0.39 is 0 Å². The summed E-state index contributed by atoms with van der Waals surface area (Å²) in [5.74, 6) is 1.47. The van der Waals surface area contributed by atoms with Crippen LogP contribution in [0.25, 0.3) is 11.5 Å². The number of ether oxygens (including phenoxy) is 1. The highest BCUT2D eigenvalue weighted by Crippen LogP contribution is 2.40. The smallest absolute Gasteiger partial charge is 0.226 e. The van der Waals surface area contributed by atoms with Crippen LogP contribution in [0, 0.1) is 5.41 Å². The molecule has 2 N–H and O–H groups in total. The maximum atomic E-state index is 5.63. The third-order valence-corrected chi connectivity index (χ3v) is 5.59. The molecule has 7 heteroatoms. The van der Waals surface area contributed by atoms with E-state index in [0.29, 0.717) is 17.9 Å². The Hall–Kier alpha value is -1.61. The lowest BCUT2D eigenvalue weighted by Gasteiger charge is -2.30. The maximum Gasteiger partial charge on any atom is 0.226 e. The van der Waals surface area contributed by atoms with Crippen LogP contribution in [-0.2, 0) is 11.3 Å². The van der Waals surface area contributed by atoms with Gasteiger partial charge in [0.15, 0.2) is 5.96 Å². The summed E-state index contributed by atoms with van der Waals surface area (Å²) < 4.78 is 11.2. The van der Waals surface area contributed by atoms with Crippen LogP contribution in [0.1, 0.15) is 51.6 Å². The van der Waals surface area contributed by atoms with E-state index in [9.17, 15) is 0 Å². The van der Waals surface area contributed by atoms with Crippen LogP contribution in [0.4, 0.5) is 0 Å². The van der Waals surface area contributed by atoms with Gasteiger partial charge in [0, 0.05) is 31.9 Å². The lowest BCUT2D eigenvalue weighted by Crippen LogP contribution is -2.43. The number of nitrogens with zero attached hydrogens (tertiary/aromatic N) is 2. The fraction of sp³-hybridized carbons (Fsp3) is 0.565. The number of rotatable bonds is 10. The molecule has 0 aliphatic heterocycles. The predicted octanol–water partition coefficient (Wildman–Crippen LogP) is 5.00. The van der Waals surface area contributed by atoms with E-state index in [0.717, 1.165) is 49.9 Å². The van der Waals surface area contributed by atoms with E-state index in [1.54, 1.807) is 6.26 Å². The first kappa shape index (κ1) is 24.7. The van der Waals surface area contributed by atoms with Gasteiger partial charge < -0.3 is 19.8 Å². The Morgan fingerprint density at radius 3 is 2.63 bits per heavy atom. The molecule has 0 radical (unpaired) electrons. The first-order chi connectivity index (χ1) is 14.2. The number of oxazole rings is 1. The molecule has 1 aliphatic carbocycles. The van der Waals surface area contributed by atoms with Crippen LogP contribution in [-0.4, -0.2) is 37.2 Å². The van der Waals surface area contributed by atoms with E-state index in [1.165, 1.54) is 25.7 Å². The molecule has 2 aromatic rings. The third-order valence-electron chi connectivity index (χ3n) is 5.59. The second-order valence-electron chi connectivity index (χ2n) is 7.71. The van der Waals surface area contributed by atoms with Gasteiger partial charge in [0.25, 0.3) is 0 Å². The summed E-state index contributed by atoms with van der Waals surface area (Å²) >= 11 is 0. The number of aromatic nitrogens is 1. The molecule has 1 aliphatic rings. The summed E-state index contributed by atoms with van der Waals surface area (Å²) in [6.45, 7) is 8.01. The molecule has 0 saturated heterocycles. The number of hydrogen-bond donors (Lipinski definition) is 2. The Morgan fingerprint density at radius 1 is 1.17 bits per heavy atom. The van der Waals surface area contributed by atoms with Gasteiger partial charge in [-0.15, -0.1) is 24.0 Å². The summed E-state index contributed by atoms with van der Waals surface area (Å²) in [6.07, 6.45) is 7.94. The molecule has 3 rings (SSSR count). The maximum absolute atomic E-state index is 5.63. The van der Waals surface area contributed by atoms with Crippen LogP contribution in [0.15, 0.2) is 46.0 Å². The highest BCUT2D eigenvalue weighted by molar-refractivity contribution is 14.0. The van der Waals surface area contributed by atoms with Crippen LogP contribution in [0.2, 0.25) is 0 Å². The molecule has 1 heterocycles. The third kappa shape index (κ3) is 7.27. The Morgan fingerprint density at radius 2 is 1.93 bits per heavy atom. The first-order valence-electron chi connectivity index (χ1n) is 10.8. The number of guanidine groups is 1. The second-order valence-corrected chi connectivity index (χ2v) is 7.71. The number of aliphatic imine (C=N–C) groups is 1. The summed E-state index contributed by atoms with van der Waals surface area (Å²) in [5, 5.41) is 6.91. The number of nitrogens with one attached hydrogen (secondary N) is 2. The minimum absolute atomic E-state index is 0. The van der Waals surface area contributed by atoms with Gasteiger partial charge in [-0.05, 0) is 50.7 Å². The Balaban J connectivity index is 0.00000320. The zero-order valence-corrected chi connectivity index (χ0v) is 20.5. The molecule has 6 nitrogen and oxygen atoms in total. The van der Waals surface area contributed by atoms with E-state index in [2.05, 4.69) is 29.5 Å². The molecule has 0 bridgehead atoms. The number of hydrogen-bond acceptors (Lipinski definition) is 4. The topological polar surface area (TPSA) is 71.7 Å². The molecule has 0 spiro atoms. The monoisotopic (exact) mass is 526 g/mol. The van der Waals surface area contributed by atoms with Crippen molar-refractivity contribution in [3.8, 4) is 11.5 Å². The van der Waals surface area contributed by atoms with Crippen molar-refractivity contribution in [2.24, 2.45) is 10.4 Å². The van der Waals surface area contributed by atoms with E-state index >= 15 is 0 Å². The van der Waals surface area contributed by atoms with Gasteiger partial charge in [0.1, 0.15) is 12.0 Å². The van der Waals surface area contributed by atoms with E-state index in [-0.39, 0.29) is 24.0 Å². The van der Waals surface area contributed by atoms with E-state index in [4.69, 9.17) is 14.1 Å². The Labute approximate surface area is 197 Å². The summed E-state index contributed by atoms with van der Waals surface area (Å²) in [4.78, 5) is 9.29. The van der Waals surface area contributed by atoms with Crippen molar-refractivity contribution in [2.45, 2.75) is 52.5 Å². The minimum atomic E-state index is 0. The van der Waals surface area contributed by atoms with Crippen molar-refractivity contribution < 1.29 is 9.15 Å². The van der Waals surface area contributed by atoms with Crippen molar-refractivity contribution in [3.05, 3.63) is 42.3 Å². The number of benzene rings is 1. The molecule has 30 heavy (non-hydrogen) atoms. The lowest BCUT2D eigenvalue weighted by atomic mass is 9.83. The molecule has 0 amide bonds. The van der Waals surface area contributed by atoms with Gasteiger partial charge in [-0.1, -0.05) is 31.0 Å². The van der Waals surface area contributed by atoms with Gasteiger partial charge in [0.2, 0.25) is 5.89 Å². The molecular weight excluding hydrogens is 491 g/mol. The first-order valence-corrected chi connectivity index (χ1v) is 10.8. The van der Waals surface area contributed by atoms with Crippen molar-refractivity contribution in [2.75, 3.05) is 26.3 Å². The van der Waals surface area contributed by atoms with Crippen molar-refractivity contribution in [1.29, 1.82) is 0 Å². The zero-order chi connectivity index (χ0) is 20.4. The minimum Gasteiger partial charge on any atom is -0.444 e. The van der Waals surface area contributed by atoms with Gasteiger partial charge in [-0.25, -0.2) is 9.98 Å². The molecule has 0 atom stereocenters. The van der Waals surface area contributed by atoms with Crippen molar-refractivity contribution >= 4 is 29.9 Å². The molecule has 166 valence electrons. The fourth-order valence-electron chi connectivity index (χ4n) is 3.94. The molecule has 0 unspecified atom stereocenters. The van der Waals surface area contributed by atoms with Gasteiger partial charge in [-0.3, -0.25) is 0 Å². The Bertz CT molecular complexity index is 758. The predicted molar refractivity (Wildman–Crippen MR) is 132 cm³/mol. The van der Waals surface area contributed by atoms with Gasteiger partial charge >= 0.3 is 0 Å². The average molecular weight is 526 g/mol. The van der Waals surface area contributed by atoms with Crippen LogP contribution in [0.5, 0.6) is 0 Å². The van der Waals surface area contributed by atoms with Crippen LogP contribution >= 0.6 is 24.0 Å². The van der Waals surface area contributed by atoms with E-state index in [1.807, 2.05) is 30.3 Å². The highest BCUT2D eigenvalue weighted by Gasteiger charge is 2.33. The standard InChI is InChI=1S/C23H34N4O2.HI/c1-3-24-22(26-18-23(12-8-9-13-23)14-15-28-4-2)25-16-20-17-29-21(27-20)19-10-6-5-7-11-19;/h5-7,10-11,17H,3-4,8-9,12-16,18H2,1-2H3,(H2,24,25,26);1H. The Kier molecular flexibility index (Phi) is 10.6. The SMILES string of the molecule is CCNC(=NCc1coc(-c2ccccc2)n1)NCC1(CCOCC)CCCC1.I. The van der Waals surface area contributed by atoms with Crippen LogP contribution in [0.3, 0.4) is 0 Å². The highest BCUT2D eigenvalue weighted by atomic mass is 127. The largest absolute Gasteiger partial charge is 0.444 e.